The first-order chi connectivity index (χ1) is 12.9. The van der Waals surface area contributed by atoms with E-state index in [4.69, 9.17) is 11.6 Å². The van der Waals surface area contributed by atoms with Gasteiger partial charge in [-0.1, -0.05) is 37.1 Å². The number of imidazole rings is 2. The smallest absolute Gasteiger partial charge is 0.310 e. The molecule has 0 atom stereocenters. The molecule has 0 aliphatic heterocycles. The van der Waals surface area contributed by atoms with E-state index in [1.807, 2.05) is 30.5 Å². The summed E-state index contributed by atoms with van der Waals surface area (Å²) < 4.78 is 6.41. The van der Waals surface area contributed by atoms with Crippen molar-refractivity contribution in [2.24, 2.45) is 14.1 Å². The molecule has 0 unspecified atom stereocenters. The minimum absolute atomic E-state index is 0.351. The number of hydrogen-bond acceptors (Lipinski definition) is 3. The van der Waals surface area contributed by atoms with Crippen LogP contribution >= 0.6 is 11.6 Å². The number of unbranched alkanes of at least 4 members (excludes halogenated alkanes) is 1. The second kappa shape index (κ2) is 6.42. The zero-order chi connectivity index (χ0) is 19.3. The Bertz CT molecular complexity index is 1270. The van der Waals surface area contributed by atoms with Crippen LogP contribution in [0.15, 0.2) is 40.1 Å². The van der Waals surface area contributed by atoms with Gasteiger partial charge in [0.2, 0.25) is 5.78 Å². The highest BCUT2D eigenvalue weighted by molar-refractivity contribution is 6.30. The third-order valence-electron chi connectivity index (χ3n) is 4.93. The summed E-state index contributed by atoms with van der Waals surface area (Å²) in [5.41, 5.74) is 2.02. The second-order valence-corrected chi connectivity index (χ2v) is 7.12. The maximum atomic E-state index is 12.8. The Hall–Kier alpha value is -2.80. The fourth-order valence-corrected chi connectivity index (χ4v) is 3.53. The van der Waals surface area contributed by atoms with E-state index in [1.165, 1.54) is 11.6 Å². The largest absolute Gasteiger partial charge is 0.332 e. The highest BCUT2D eigenvalue weighted by Gasteiger charge is 2.20. The maximum absolute atomic E-state index is 12.8. The van der Waals surface area contributed by atoms with Crippen molar-refractivity contribution in [3.05, 3.63) is 56.3 Å². The molecule has 7 nitrogen and oxygen atoms in total. The van der Waals surface area contributed by atoms with Crippen molar-refractivity contribution < 1.29 is 0 Å². The Morgan fingerprint density at radius 1 is 1.07 bits per heavy atom. The first kappa shape index (κ1) is 17.6. The lowest BCUT2D eigenvalue weighted by molar-refractivity contribution is 0.648. The predicted octanol–water partition coefficient (Wildman–Crippen LogP) is 2.81. The number of fused-ring (bicyclic) bond motifs is 3. The van der Waals surface area contributed by atoms with Crippen molar-refractivity contribution in [3.63, 3.8) is 0 Å². The first-order valence-electron chi connectivity index (χ1n) is 8.87. The van der Waals surface area contributed by atoms with E-state index in [-0.39, 0.29) is 11.2 Å². The summed E-state index contributed by atoms with van der Waals surface area (Å²) in [5, 5.41) is 0.671. The van der Waals surface area contributed by atoms with Gasteiger partial charge in [0.15, 0.2) is 11.2 Å². The van der Waals surface area contributed by atoms with Crippen molar-refractivity contribution in [2.45, 2.75) is 26.3 Å². The molecule has 4 aromatic rings. The van der Waals surface area contributed by atoms with E-state index in [0.717, 1.165) is 35.2 Å². The summed E-state index contributed by atoms with van der Waals surface area (Å²) >= 11 is 6.03. The first-order valence-corrected chi connectivity index (χ1v) is 9.25. The van der Waals surface area contributed by atoms with Crippen LogP contribution in [0.3, 0.4) is 0 Å². The number of nitrogens with zero attached hydrogens (tertiary/aromatic N) is 5. The van der Waals surface area contributed by atoms with Gasteiger partial charge in [-0.15, -0.1) is 0 Å². The van der Waals surface area contributed by atoms with Crippen LogP contribution in [0.5, 0.6) is 0 Å². The van der Waals surface area contributed by atoms with Crippen LogP contribution in [-0.4, -0.2) is 23.1 Å². The van der Waals surface area contributed by atoms with Crippen molar-refractivity contribution in [3.8, 4) is 11.3 Å². The molecule has 8 heteroatoms. The molecule has 27 heavy (non-hydrogen) atoms. The lowest BCUT2D eigenvalue weighted by atomic mass is 10.1. The Balaban J connectivity index is 2.09. The monoisotopic (exact) mass is 385 g/mol. The molecule has 0 aliphatic carbocycles. The van der Waals surface area contributed by atoms with E-state index in [1.54, 1.807) is 11.4 Å². The molecule has 0 bridgehead atoms. The summed E-state index contributed by atoms with van der Waals surface area (Å²) in [4.78, 5) is 29.6. The molecule has 0 aliphatic rings. The fourth-order valence-electron chi connectivity index (χ4n) is 3.40. The van der Waals surface area contributed by atoms with Crippen LogP contribution in [-0.2, 0) is 20.6 Å². The van der Waals surface area contributed by atoms with Crippen molar-refractivity contribution in [2.75, 3.05) is 0 Å². The molecule has 0 N–H and O–H groups in total. The number of rotatable bonds is 4. The number of halogens is 1. The SMILES string of the molecule is CCCCn1c(-c2ccc(Cl)cc2)cn2c3c(=O)n(C)c(=O)n(C)c3nc12. The highest BCUT2D eigenvalue weighted by Crippen LogP contribution is 2.27. The van der Waals surface area contributed by atoms with Gasteiger partial charge >= 0.3 is 5.69 Å². The Labute approximate surface area is 160 Å². The van der Waals surface area contributed by atoms with Crippen LogP contribution in [0.2, 0.25) is 5.02 Å². The van der Waals surface area contributed by atoms with Crippen LogP contribution < -0.4 is 11.2 Å². The summed E-state index contributed by atoms with van der Waals surface area (Å²) in [6.07, 6.45) is 3.92. The summed E-state index contributed by atoms with van der Waals surface area (Å²) in [6.45, 7) is 2.90. The average molecular weight is 386 g/mol. The van der Waals surface area contributed by atoms with Gasteiger partial charge in [0.05, 0.1) is 5.69 Å². The molecule has 0 saturated carbocycles. The zero-order valence-electron chi connectivity index (χ0n) is 15.4. The van der Waals surface area contributed by atoms with Crippen molar-refractivity contribution in [1.82, 2.24) is 23.1 Å². The molecule has 140 valence electrons. The molecule has 3 aromatic heterocycles. The number of hydrogen-bond donors (Lipinski definition) is 0. The van der Waals surface area contributed by atoms with Gasteiger partial charge in [0.25, 0.3) is 5.56 Å². The predicted molar refractivity (Wildman–Crippen MR) is 107 cm³/mol. The second-order valence-electron chi connectivity index (χ2n) is 6.69. The Kier molecular flexibility index (Phi) is 4.19. The van der Waals surface area contributed by atoms with E-state index in [0.29, 0.717) is 22.0 Å². The van der Waals surface area contributed by atoms with Crippen LogP contribution in [0.4, 0.5) is 0 Å². The third-order valence-corrected chi connectivity index (χ3v) is 5.18. The van der Waals surface area contributed by atoms with Gasteiger partial charge < -0.3 is 4.57 Å². The lowest BCUT2D eigenvalue weighted by Crippen LogP contribution is -2.37. The molecule has 0 amide bonds. The topological polar surface area (TPSA) is 66.2 Å². The van der Waals surface area contributed by atoms with Crippen LogP contribution in [0.25, 0.3) is 28.2 Å². The van der Waals surface area contributed by atoms with Crippen molar-refractivity contribution >= 4 is 28.5 Å². The molecule has 3 heterocycles. The van der Waals surface area contributed by atoms with E-state index in [2.05, 4.69) is 16.5 Å². The number of aryl methyl sites for hydroxylation is 2. The normalized spacial score (nSPS) is 11.7. The molecule has 0 saturated heterocycles. The van der Waals surface area contributed by atoms with Crippen LogP contribution in [0.1, 0.15) is 19.8 Å². The van der Waals surface area contributed by atoms with Gasteiger partial charge in [-0.3, -0.25) is 18.3 Å². The quantitative estimate of drug-likeness (QED) is 0.542. The lowest BCUT2D eigenvalue weighted by Gasteiger charge is -2.08. The summed E-state index contributed by atoms with van der Waals surface area (Å²) in [6, 6.07) is 7.60. The van der Waals surface area contributed by atoms with Crippen LogP contribution in [0, 0.1) is 0 Å². The molecule has 1 aromatic carbocycles. The standard InChI is InChI=1S/C19H20ClN5O2/c1-4-5-10-24-14(12-6-8-13(20)9-7-12)11-25-15-16(21-18(24)25)22(2)19(27)23(3)17(15)26/h6-9,11H,4-5,10H2,1-3H3. The Morgan fingerprint density at radius 2 is 1.78 bits per heavy atom. The van der Waals surface area contributed by atoms with Gasteiger partial charge in [-0.25, -0.2) is 4.79 Å². The zero-order valence-corrected chi connectivity index (χ0v) is 16.2. The molecule has 0 spiro atoms. The minimum atomic E-state index is -0.383. The van der Waals surface area contributed by atoms with E-state index in [9.17, 15) is 9.59 Å². The van der Waals surface area contributed by atoms with Crippen molar-refractivity contribution in [1.29, 1.82) is 0 Å². The van der Waals surface area contributed by atoms with Gasteiger partial charge in [0, 0.05) is 31.9 Å². The summed E-state index contributed by atoms with van der Waals surface area (Å²) in [5.74, 6) is 0.654. The minimum Gasteiger partial charge on any atom is -0.310 e. The highest BCUT2D eigenvalue weighted by atomic mass is 35.5. The molecule has 0 radical (unpaired) electrons. The average Bonchev–Trinajstić information content (AvgIpc) is 3.20. The third kappa shape index (κ3) is 2.61. The number of aromatic nitrogens is 5. The van der Waals surface area contributed by atoms with Gasteiger partial charge in [-0.2, -0.15) is 4.98 Å². The van der Waals surface area contributed by atoms with E-state index < -0.39 is 0 Å². The Morgan fingerprint density at radius 3 is 2.44 bits per heavy atom. The van der Waals surface area contributed by atoms with Gasteiger partial charge in [0.1, 0.15) is 0 Å². The maximum Gasteiger partial charge on any atom is 0.332 e. The molecular weight excluding hydrogens is 366 g/mol. The fraction of sp³-hybridized carbons (Fsp3) is 0.316. The molecular formula is C19H20ClN5O2. The number of benzene rings is 1. The molecule has 0 fully saturated rings. The van der Waals surface area contributed by atoms with Gasteiger partial charge in [-0.05, 0) is 24.1 Å². The van der Waals surface area contributed by atoms with E-state index >= 15 is 0 Å². The summed E-state index contributed by atoms with van der Waals surface area (Å²) in [7, 11) is 3.12. The molecule has 4 rings (SSSR count).